The fourth-order valence-electron chi connectivity index (χ4n) is 1.99. The van der Waals surface area contributed by atoms with Crippen molar-refractivity contribution >= 4 is 5.69 Å². The van der Waals surface area contributed by atoms with Crippen molar-refractivity contribution in [1.82, 2.24) is 0 Å². The van der Waals surface area contributed by atoms with E-state index in [4.69, 9.17) is 14.2 Å². The number of hydrogen-bond acceptors (Lipinski definition) is 4. The van der Waals surface area contributed by atoms with E-state index in [1.54, 1.807) is 0 Å². The van der Waals surface area contributed by atoms with E-state index in [0.29, 0.717) is 19.8 Å². The molecule has 0 spiro atoms. The minimum atomic E-state index is 0.126. The summed E-state index contributed by atoms with van der Waals surface area (Å²) in [6.07, 6.45) is 0. The molecule has 0 saturated heterocycles. The van der Waals surface area contributed by atoms with Gasteiger partial charge in [-0.05, 0) is 0 Å². The van der Waals surface area contributed by atoms with Crippen LogP contribution in [0.5, 0.6) is 17.2 Å². The lowest BCUT2D eigenvalue weighted by molar-refractivity contribution is 0.168. The second kappa shape index (κ2) is 3.72. The van der Waals surface area contributed by atoms with Crippen LogP contribution in [0.25, 0.3) is 0 Å². The van der Waals surface area contributed by atoms with E-state index in [1.165, 1.54) is 0 Å². The van der Waals surface area contributed by atoms with E-state index in [-0.39, 0.29) is 5.41 Å². The normalized spacial score (nSPS) is 20.6. The molecule has 3 rings (SSSR count). The van der Waals surface area contributed by atoms with E-state index >= 15 is 0 Å². The molecule has 0 radical (unpaired) electrons. The summed E-state index contributed by atoms with van der Waals surface area (Å²) in [4.78, 5) is 0. The van der Waals surface area contributed by atoms with Crippen LogP contribution in [-0.2, 0) is 0 Å². The van der Waals surface area contributed by atoms with Crippen molar-refractivity contribution in [2.24, 2.45) is 5.41 Å². The summed E-state index contributed by atoms with van der Waals surface area (Å²) in [5, 5.41) is 3.40. The fourth-order valence-corrected chi connectivity index (χ4v) is 1.99. The minimum Gasteiger partial charge on any atom is -0.491 e. The van der Waals surface area contributed by atoms with Gasteiger partial charge in [0.15, 0.2) is 11.5 Å². The maximum absolute atomic E-state index is 5.83. The molecule has 1 aromatic rings. The van der Waals surface area contributed by atoms with Gasteiger partial charge in [-0.2, -0.15) is 0 Å². The number of anilines is 1. The van der Waals surface area contributed by atoms with Crippen LogP contribution in [0.3, 0.4) is 0 Å². The highest BCUT2D eigenvalue weighted by Gasteiger charge is 2.25. The standard InChI is InChI=1S/C13H17NO3/c1-13(2)7-14-9-5-11-12(16-4-3-15-11)6-10(9)17-8-13/h5-6,14H,3-4,7-8H2,1-2H3. The highest BCUT2D eigenvalue weighted by Crippen LogP contribution is 2.41. The van der Waals surface area contributed by atoms with Gasteiger partial charge in [-0.3, -0.25) is 0 Å². The number of fused-ring (bicyclic) bond motifs is 2. The maximum Gasteiger partial charge on any atom is 0.165 e. The zero-order chi connectivity index (χ0) is 11.9. The average molecular weight is 235 g/mol. The van der Waals surface area contributed by atoms with Crippen molar-refractivity contribution in [3.63, 3.8) is 0 Å². The van der Waals surface area contributed by atoms with Crippen LogP contribution in [0.15, 0.2) is 12.1 Å². The van der Waals surface area contributed by atoms with Crippen LogP contribution in [0.1, 0.15) is 13.8 Å². The first-order valence-electron chi connectivity index (χ1n) is 5.94. The van der Waals surface area contributed by atoms with Crippen LogP contribution >= 0.6 is 0 Å². The molecule has 0 aromatic heterocycles. The Morgan fingerprint density at radius 3 is 2.47 bits per heavy atom. The van der Waals surface area contributed by atoms with Gasteiger partial charge in [-0.25, -0.2) is 0 Å². The topological polar surface area (TPSA) is 39.7 Å². The second-order valence-corrected chi connectivity index (χ2v) is 5.30. The maximum atomic E-state index is 5.83. The molecule has 4 heteroatoms. The summed E-state index contributed by atoms with van der Waals surface area (Å²) >= 11 is 0. The van der Waals surface area contributed by atoms with Gasteiger partial charge in [-0.1, -0.05) is 13.8 Å². The Kier molecular flexibility index (Phi) is 2.31. The smallest absolute Gasteiger partial charge is 0.165 e. The largest absolute Gasteiger partial charge is 0.491 e. The Bertz CT molecular complexity index is 404. The molecular formula is C13H17NO3. The summed E-state index contributed by atoms with van der Waals surface area (Å²) in [6, 6.07) is 3.88. The molecule has 0 fully saturated rings. The number of benzene rings is 1. The zero-order valence-electron chi connectivity index (χ0n) is 10.2. The minimum absolute atomic E-state index is 0.126. The lowest BCUT2D eigenvalue weighted by Gasteiger charge is -2.20. The molecule has 4 nitrogen and oxygen atoms in total. The molecule has 0 unspecified atom stereocenters. The Balaban J connectivity index is 1.96. The third-order valence-electron chi connectivity index (χ3n) is 3.02. The third-order valence-corrected chi connectivity index (χ3v) is 3.02. The van der Waals surface area contributed by atoms with Gasteiger partial charge < -0.3 is 19.5 Å². The molecule has 1 N–H and O–H groups in total. The van der Waals surface area contributed by atoms with Gasteiger partial charge in [0.1, 0.15) is 19.0 Å². The molecule has 0 aliphatic carbocycles. The highest BCUT2D eigenvalue weighted by molar-refractivity contribution is 5.65. The SMILES string of the molecule is CC1(C)CNc2cc3c(cc2OC1)OCCO3. The molecule has 0 saturated carbocycles. The number of nitrogens with one attached hydrogen (secondary N) is 1. The van der Waals surface area contributed by atoms with Crippen molar-refractivity contribution in [3.8, 4) is 17.2 Å². The summed E-state index contributed by atoms with van der Waals surface area (Å²) in [7, 11) is 0. The van der Waals surface area contributed by atoms with Crippen molar-refractivity contribution in [3.05, 3.63) is 12.1 Å². The number of hydrogen-bond donors (Lipinski definition) is 1. The molecule has 2 heterocycles. The quantitative estimate of drug-likeness (QED) is 0.749. The van der Waals surface area contributed by atoms with Gasteiger partial charge in [-0.15, -0.1) is 0 Å². The van der Waals surface area contributed by atoms with Crippen molar-refractivity contribution < 1.29 is 14.2 Å². The lowest BCUT2D eigenvalue weighted by Crippen LogP contribution is -2.27. The molecule has 1 aromatic carbocycles. The van der Waals surface area contributed by atoms with Gasteiger partial charge in [0.05, 0.1) is 12.3 Å². The number of rotatable bonds is 0. The molecule has 17 heavy (non-hydrogen) atoms. The predicted octanol–water partition coefficient (Wildman–Crippen LogP) is 2.29. The van der Waals surface area contributed by atoms with Gasteiger partial charge in [0, 0.05) is 24.1 Å². The average Bonchev–Trinajstić information content (AvgIpc) is 2.47. The lowest BCUT2D eigenvalue weighted by atomic mass is 9.95. The van der Waals surface area contributed by atoms with E-state index in [0.717, 1.165) is 29.5 Å². The van der Waals surface area contributed by atoms with E-state index < -0.39 is 0 Å². The highest BCUT2D eigenvalue weighted by atomic mass is 16.6. The molecular weight excluding hydrogens is 218 g/mol. The zero-order valence-corrected chi connectivity index (χ0v) is 10.2. The molecule has 2 aliphatic heterocycles. The van der Waals surface area contributed by atoms with E-state index in [1.807, 2.05) is 12.1 Å². The van der Waals surface area contributed by atoms with E-state index in [2.05, 4.69) is 19.2 Å². The first kappa shape index (κ1) is 10.6. The second-order valence-electron chi connectivity index (χ2n) is 5.30. The van der Waals surface area contributed by atoms with Crippen LogP contribution in [0, 0.1) is 5.41 Å². The van der Waals surface area contributed by atoms with Crippen LogP contribution < -0.4 is 19.5 Å². The van der Waals surface area contributed by atoms with Crippen molar-refractivity contribution in [1.29, 1.82) is 0 Å². The third kappa shape index (κ3) is 1.99. The van der Waals surface area contributed by atoms with Crippen LogP contribution in [0.4, 0.5) is 5.69 Å². The van der Waals surface area contributed by atoms with Gasteiger partial charge in [0.2, 0.25) is 0 Å². The van der Waals surface area contributed by atoms with Gasteiger partial charge >= 0.3 is 0 Å². The Hall–Kier alpha value is -1.58. The summed E-state index contributed by atoms with van der Waals surface area (Å²) in [5.41, 5.74) is 1.11. The number of ether oxygens (including phenoxy) is 3. The molecule has 2 aliphatic rings. The predicted molar refractivity (Wildman–Crippen MR) is 65.2 cm³/mol. The summed E-state index contributed by atoms with van der Waals surface area (Å²) in [6.45, 7) is 7.16. The fraction of sp³-hybridized carbons (Fsp3) is 0.538. The van der Waals surface area contributed by atoms with Crippen molar-refractivity contribution in [2.75, 3.05) is 31.7 Å². The first-order chi connectivity index (χ1) is 8.14. The molecule has 0 amide bonds. The van der Waals surface area contributed by atoms with Crippen LogP contribution in [-0.4, -0.2) is 26.4 Å². The summed E-state index contributed by atoms with van der Waals surface area (Å²) in [5.74, 6) is 2.42. The van der Waals surface area contributed by atoms with E-state index in [9.17, 15) is 0 Å². The summed E-state index contributed by atoms with van der Waals surface area (Å²) < 4.78 is 16.9. The Morgan fingerprint density at radius 1 is 1.00 bits per heavy atom. The van der Waals surface area contributed by atoms with Gasteiger partial charge in [0.25, 0.3) is 0 Å². The monoisotopic (exact) mass is 235 g/mol. The Morgan fingerprint density at radius 2 is 1.71 bits per heavy atom. The van der Waals surface area contributed by atoms with Crippen molar-refractivity contribution in [2.45, 2.75) is 13.8 Å². The first-order valence-corrected chi connectivity index (χ1v) is 5.94. The molecule has 0 atom stereocenters. The molecule has 0 bridgehead atoms. The van der Waals surface area contributed by atoms with Crippen LogP contribution in [0.2, 0.25) is 0 Å². The Labute approximate surface area is 101 Å². The molecule has 92 valence electrons.